The molecular formula is C17H19N3OS2. The van der Waals surface area contributed by atoms with Crippen molar-refractivity contribution in [3.63, 3.8) is 0 Å². The third kappa shape index (κ3) is 2.98. The highest BCUT2D eigenvalue weighted by Crippen LogP contribution is 2.33. The number of thiophene rings is 2. The van der Waals surface area contributed by atoms with E-state index in [2.05, 4.69) is 22.9 Å². The SMILES string of the molecule is CC1CCN(Cc2nc3scc(-c4cccs4)c3c(=O)[nH]2)CC1. The van der Waals surface area contributed by atoms with Gasteiger partial charge < -0.3 is 4.98 Å². The number of hydrogen-bond acceptors (Lipinski definition) is 5. The summed E-state index contributed by atoms with van der Waals surface area (Å²) in [6.45, 7) is 5.23. The van der Waals surface area contributed by atoms with Crippen LogP contribution in [0.2, 0.25) is 0 Å². The first-order valence-electron chi connectivity index (χ1n) is 7.97. The van der Waals surface area contributed by atoms with Crippen molar-refractivity contribution in [1.82, 2.24) is 14.9 Å². The maximum atomic E-state index is 12.6. The van der Waals surface area contributed by atoms with E-state index < -0.39 is 0 Å². The van der Waals surface area contributed by atoms with Gasteiger partial charge in [0.25, 0.3) is 5.56 Å². The Morgan fingerprint density at radius 3 is 2.91 bits per heavy atom. The van der Waals surface area contributed by atoms with E-state index in [-0.39, 0.29) is 5.56 Å². The van der Waals surface area contributed by atoms with Crippen molar-refractivity contribution in [2.24, 2.45) is 5.92 Å². The molecule has 120 valence electrons. The maximum Gasteiger partial charge on any atom is 0.260 e. The fraction of sp³-hybridized carbons (Fsp3) is 0.412. The molecule has 1 aliphatic rings. The number of piperidine rings is 1. The van der Waals surface area contributed by atoms with Gasteiger partial charge in [0.2, 0.25) is 0 Å². The molecule has 1 N–H and O–H groups in total. The molecule has 1 fully saturated rings. The molecule has 23 heavy (non-hydrogen) atoms. The minimum absolute atomic E-state index is 0.0139. The zero-order valence-corrected chi connectivity index (χ0v) is 14.7. The molecule has 3 aromatic heterocycles. The largest absolute Gasteiger partial charge is 0.309 e. The van der Waals surface area contributed by atoms with Crippen LogP contribution in [0.1, 0.15) is 25.6 Å². The molecule has 1 aliphatic heterocycles. The second kappa shape index (κ2) is 6.19. The minimum atomic E-state index is -0.0139. The van der Waals surface area contributed by atoms with Gasteiger partial charge in [-0.05, 0) is 43.3 Å². The number of nitrogens with one attached hydrogen (secondary N) is 1. The van der Waals surface area contributed by atoms with Crippen LogP contribution in [0.25, 0.3) is 20.7 Å². The average Bonchev–Trinajstić information content (AvgIpc) is 3.18. The zero-order valence-electron chi connectivity index (χ0n) is 13.0. The van der Waals surface area contributed by atoms with Gasteiger partial charge in [0.15, 0.2) is 0 Å². The summed E-state index contributed by atoms with van der Waals surface area (Å²) in [7, 11) is 0. The zero-order chi connectivity index (χ0) is 15.8. The van der Waals surface area contributed by atoms with Gasteiger partial charge in [-0.25, -0.2) is 4.98 Å². The van der Waals surface area contributed by atoms with Gasteiger partial charge in [0, 0.05) is 15.8 Å². The monoisotopic (exact) mass is 345 g/mol. The van der Waals surface area contributed by atoms with Crippen molar-refractivity contribution in [3.8, 4) is 10.4 Å². The third-order valence-corrected chi connectivity index (χ3v) is 6.30. The maximum absolute atomic E-state index is 12.6. The van der Waals surface area contributed by atoms with Gasteiger partial charge in [-0.2, -0.15) is 0 Å². The van der Waals surface area contributed by atoms with Crippen molar-refractivity contribution in [3.05, 3.63) is 39.1 Å². The predicted molar refractivity (Wildman–Crippen MR) is 97.2 cm³/mol. The van der Waals surface area contributed by atoms with Gasteiger partial charge >= 0.3 is 0 Å². The van der Waals surface area contributed by atoms with Crippen LogP contribution in [-0.4, -0.2) is 28.0 Å². The van der Waals surface area contributed by atoms with E-state index >= 15 is 0 Å². The minimum Gasteiger partial charge on any atom is -0.309 e. The fourth-order valence-corrected chi connectivity index (χ4v) is 4.89. The highest BCUT2D eigenvalue weighted by Gasteiger charge is 2.18. The van der Waals surface area contributed by atoms with E-state index in [1.807, 2.05) is 16.8 Å². The number of aromatic nitrogens is 2. The summed E-state index contributed by atoms with van der Waals surface area (Å²) in [6, 6.07) is 4.06. The van der Waals surface area contributed by atoms with Crippen molar-refractivity contribution >= 4 is 32.9 Å². The van der Waals surface area contributed by atoms with Crippen LogP contribution < -0.4 is 5.56 Å². The molecule has 0 aromatic carbocycles. The van der Waals surface area contributed by atoms with Gasteiger partial charge in [-0.1, -0.05) is 13.0 Å². The fourth-order valence-electron chi connectivity index (χ4n) is 3.11. The Labute approximate surface area is 142 Å². The van der Waals surface area contributed by atoms with Crippen LogP contribution in [0.5, 0.6) is 0 Å². The Hall–Kier alpha value is -1.50. The Balaban J connectivity index is 1.65. The van der Waals surface area contributed by atoms with Crippen LogP contribution >= 0.6 is 22.7 Å². The van der Waals surface area contributed by atoms with Crippen LogP contribution in [-0.2, 0) is 6.54 Å². The lowest BCUT2D eigenvalue weighted by Crippen LogP contribution is -2.33. The lowest BCUT2D eigenvalue weighted by atomic mass is 9.99. The molecule has 0 bridgehead atoms. The highest BCUT2D eigenvalue weighted by atomic mass is 32.1. The van der Waals surface area contributed by atoms with Crippen molar-refractivity contribution in [2.45, 2.75) is 26.3 Å². The number of aromatic amines is 1. The van der Waals surface area contributed by atoms with E-state index in [4.69, 9.17) is 4.98 Å². The lowest BCUT2D eigenvalue weighted by molar-refractivity contribution is 0.181. The number of likely N-dealkylation sites (tertiary alicyclic amines) is 1. The van der Waals surface area contributed by atoms with Crippen molar-refractivity contribution in [2.75, 3.05) is 13.1 Å². The Morgan fingerprint density at radius 1 is 1.35 bits per heavy atom. The molecule has 4 heterocycles. The summed E-state index contributed by atoms with van der Waals surface area (Å²) >= 11 is 3.21. The Morgan fingerprint density at radius 2 is 2.17 bits per heavy atom. The van der Waals surface area contributed by atoms with Crippen LogP contribution in [0.4, 0.5) is 0 Å². The molecule has 0 amide bonds. The summed E-state index contributed by atoms with van der Waals surface area (Å²) in [5.74, 6) is 1.60. The van der Waals surface area contributed by atoms with E-state index in [1.54, 1.807) is 22.7 Å². The lowest BCUT2D eigenvalue weighted by Gasteiger charge is -2.29. The average molecular weight is 345 g/mol. The van der Waals surface area contributed by atoms with Gasteiger partial charge in [0.1, 0.15) is 10.7 Å². The molecule has 0 saturated carbocycles. The first kappa shape index (κ1) is 15.1. The highest BCUT2D eigenvalue weighted by molar-refractivity contribution is 7.18. The first-order chi connectivity index (χ1) is 11.2. The number of hydrogen-bond donors (Lipinski definition) is 1. The third-order valence-electron chi connectivity index (χ3n) is 4.53. The molecule has 3 aromatic rings. The second-order valence-corrected chi connectivity index (χ2v) is 8.08. The number of H-pyrrole nitrogens is 1. The van der Waals surface area contributed by atoms with Crippen molar-refractivity contribution in [1.29, 1.82) is 0 Å². The van der Waals surface area contributed by atoms with E-state index in [9.17, 15) is 4.79 Å². The number of nitrogens with zero attached hydrogens (tertiary/aromatic N) is 2. The molecule has 4 nitrogen and oxygen atoms in total. The summed E-state index contributed by atoms with van der Waals surface area (Å²) in [4.78, 5) is 24.6. The Bertz CT molecular complexity index is 858. The smallest absolute Gasteiger partial charge is 0.260 e. The van der Waals surface area contributed by atoms with E-state index in [1.165, 1.54) is 12.8 Å². The summed E-state index contributed by atoms with van der Waals surface area (Å²) in [5.41, 5.74) is 0.993. The van der Waals surface area contributed by atoms with Crippen LogP contribution in [0.3, 0.4) is 0 Å². The molecule has 0 aliphatic carbocycles. The van der Waals surface area contributed by atoms with Crippen LogP contribution in [0.15, 0.2) is 27.7 Å². The number of fused-ring (bicyclic) bond motifs is 1. The van der Waals surface area contributed by atoms with Gasteiger partial charge in [-0.3, -0.25) is 9.69 Å². The summed E-state index contributed by atoms with van der Waals surface area (Å²) < 4.78 is 0. The summed E-state index contributed by atoms with van der Waals surface area (Å²) in [5, 5.41) is 4.81. The topological polar surface area (TPSA) is 49.0 Å². The summed E-state index contributed by atoms with van der Waals surface area (Å²) in [6.07, 6.45) is 2.46. The van der Waals surface area contributed by atoms with E-state index in [0.717, 1.165) is 52.0 Å². The molecular weight excluding hydrogens is 326 g/mol. The molecule has 0 spiro atoms. The van der Waals surface area contributed by atoms with Gasteiger partial charge in [0.05, 0.1) is 11.9 Å². The predicted octanol–water partition coefficient (Wildman–Crippen LogP) is 3.95. The Kier molecular flexibility index (Phi) is 4.05. The first-order valence-corrected chi connectivity index (χ1v) is 9.73. The normalized spacial score (nSPS) is 17.1. The molecule has 0 atom stereocenters. The quantitative estimate of drug-likeness (QED) is 0.782. The molecule has 0 radical (unpaired) electrons. The number of rotatable bonds is 3. The molecule has 4 rings (SSSR count). The standard InChI is InChI=1S/C17H19N3OS2/c1-11-4-6-20(7-5-11)9-14-18-16(21)15-12(10-23-17(15)19-14)13-3-2-8-22-13/h2-3,8,10-11H,4-7,9H2,1H3,(H,18,19,21). The van der Waals surface area contributed by atoms with Crippen LogP contribution in [0, 0.1) is 5.92 Å². The van der Waals surface area contributed by atoms with Crippen molar-refractivity contribution < 1.29 is 0 Å². The van der Waals surface area contributed by atoms with Gasteiger partial charge in [-0.15, -0.1) is 22.7 Å². The molecule has 1 saturated heterocycles. The van der Waals surface area contributed by atoms with E-state index in [0.29, 0.717) is 0 Å². The molecule has 6 heteroatoms. The second-order valence-electron chi connectivity index (χ2n) is 6.28. The molecule has 0 unspecified atom stereocenters.